The Balaban J connectivity index is 1.59. The fourth-order valence-corrected chi connectivity index (χ4v) is 3.22. The Bertz CT molecular complexity index is 912. The van der Waals surface area contributed by atoms with E-state index < -0.39 is 10.2 Å². The molecule has 1 aromatic heterocycles. The molecule has 1 saturated heterocycles. The van der Waals surface area contributed by atoms with Gasteiger partial charge < -0.3 is 15.5 Å². The van der Waals surface area contributed by atoms with Crippen LogP contribution in [0.4, 0.5) is 14.5 Å². The zero-order valence-electron chi connectivity index (χ0n) is 14.3. The van der Waals surface area contributed by atoms with Gasteiger partial charge in [-0.1, -0.05) is 6.07 Å². The number of carbonyl (C=O) groups is 1. The lowest BCUT2D eigenvalue weighted by molar-refractivity contribution is 0.215. The maximum atomic E-state index is 13.1. The number of amides is 2. The van der Waals surface area contributed by atoms with Gasteiger partial charge in [0.25, 0.3) is 0 Å². The van der Waals surface area contributed by atoms with E-state index in [1.165, 1.54) is 12.1 Å². The highest BCUT2D eigenvalue weighted by molar-refractivity contribution is 7.86. The number of hydrogen-bond donors (Lipinski definition) is 2. The van der Waals surface area contributed by atoms with E-state index in [1.807, 2.05) is 6.92 Å². The Morgan fingerprint density at radius 2 is 2.12 bits per heavy atom. The van der Waals surface area contributed by atoms with Crippen molar-refractivity contribution in [3.63, 3.8) is 0 Å². The second-order valence-corrected chi connectivity index (χ2v) is 7.41. The molecule has 2 N–H and O–H groups in total. The van der Waals surface area contributed by atoms with Gasteiger partial charge in [-0.25, -0.2) is 4.79 Å². The first-order valence-corrected chi connectivity index (χ1v) is 9.55. The van der Waals surface area contributed by atoms with Gasteiger partial charge >= 0.3 is 16.3 Å². The van der Waals surface area contributed by atoms with Crippen LogP contribution in [0.5, 0.6) is 0 Å². The van der Waals surface area contributed by atoms with Gasteiger partial charge in [-0.2, -0.15) is 13.5 Å². The molecule has 1 aliphatic rings. The van der Waals surface area contributed by atoms with Gasteiger partial charge in [-0.15, -0.1) is 3.89 Å². The summed E-state index contributed by atoms with van der Waals surface area (Å²) in [7, 11) is -4.73. The molecule has 2 amide bonds. The SMILES string of the molecule is Cc1ccc(S(=O)(=O)F)cc1CNc1ccn(CCN2CCNC2=O)n1. The number of hydrogen-bond acceptors (Lipinski definition) is 5. The van der Waals surface area contributed by atoms with Crippen molar-refractivity contribution in [3.05, 3.63) is 41.6 Å². The zero-order valence-corrected chi connectivity index (χ0v) is 15.1. The van der Waals surface area contributed by atoms with Crippen molar-refractivity contribution in [3.8, 4) is 0 Å². The maximum Gasteiger partial charge on any atom is 0.332 e. The molecule has 1 aliphatic heterocycles. The fraction of sp³-hybridized carbons (Fsp3) is 0.375. The highest BCUT2D eigenvalue weighted by atomic mass is 32.3. The quantitative estimate of drug-likeness (QED) is 0.709. The van der Waals surface area contributed by atoms with Gasteiger partial charge in [0.15, 0.2) is 0 Å². The summed E-state index contributed by atoms with van der Waals surface area (Å²) < 4.78 is 37.0. The van der Waals surface area contributed by atoms with Gasteiger partial charge in [-0.3, -0.25) is 4.68 Å². The van der Waals surface area contributed by atoms with Gasteiger partial charge in [0.1, 0.15) is 5.82 Å². The first-order chi connectivity index (χ1) is 12.3. The average Bonchev–Trinajstić information content (AvgIpc) is 3.20. The molecule has 0 atom stereocenters. The third-order valence-corrected chi connectivity index (χ3v) is 5.06. The van der Waals surface area contributed by atoms with E-state index in [9.17, 15) is 17.1 Å². The van der Waals surface area contributed by atoms with Crippen LogP contribution in [0, 0.1) is 6.92 Å². The van der Waals surface area contributed by atoms with Crippen molar-refractivity contribution < 1.29 is 17.1 Å². The van der Waals surface area contributed by atoms with E-state index in [4.69, 9.17) is 0 Å². The zero-order chi connectivity index (χ0) is 18.7. The van der Waals surface area contributed by atoms with E-state index in [0.717, 1.165) is 5.56 Å². The summed E-state index contributed by atoms with van der Waals surface area (Å²) in [6, 6.07) is 5.87. The van der Waals surface area contributed by atoms with E-state index in [2.05, 4.69) is 15.7 Å². The standard InChI is InChI=1S/C16H20FN5O3S/c1-12-2-3-14(26(17,24)25)10-13(12)11-19-15-4-6-22(20-15)9-8-21-7-5-18-16(21)23/h2-4,6,10H,5,7-9,11H2,1H3,(H,18,23)(H,19,20). The smallest absolute Gasteiger partial charge is 0.332 e. The average molecular weight is 381 g/mol. The molecule has 140 valence electrons. The highest BCUT2D eigenvalue weighted by Crippen LogP contribution is 2.18. The normalized spacial score (nSPS) is 14.5. The van der Waals surface area contributed by atoms with Crippen LogP contribution in [0.3, 0.4) is 0 Å². The number of anilines is 1. The topological polar surface area (TPSA) is 96.3 Å². The lowest BCUT2D eigenvalue weighted by Crippen LogP contribution is -2.31. The maximum absolute atomic E-state index is 13.1. The van der Waals surface area contributed by atoms with Crippen LogP contribution in [0.2, 0.25) is 0 Å². The van der Waals surface area contributed by atoms with E-state index >= 15 is 0 Å². The minimum Gasteiger partial charge on any atom is -0.365 e. The molecule has 3 rings (SSSR count). The monoisotopic (exact) mass is 381 g/mol. The Hall–Kier alpha value is -2.62. The molecule has 2 heterocycles. The molecule has 0 unspecified atom stereocenters. The molecule has 2 aromatic rings. The second kappa shape index (κ2) is 7.32. The summed E-state index contributed by atoms with van der Waals surface area (Å²) in [5, 5.41) is 10.2. The molecule has 8 nitrogen and oxygen atoms in total. The molecule has 0 radical (unpaired) electrons. The van der Waals surface area contributed by atoms with Crippen molar-refractivity contribution >= 4 is 22.1 Å². The summed E-state index contributed by atoms with van der Waals surface area (Å²) in [4.78, 5) is 12.9. The Morgan fingerprint density at radius 3 is 2.81 bits per heavy atom. The minimum absolute atomic E-state index is 0.0614. The van der Waals surface area contributed by atoms with Crippen LogP contribution < -0.4 is 10.6 Å². The third kappa shape index (κ3) is 4.31. The lowest BCUT2D eigenvalue weighted by atomic mass is 10.1. The van der Waals surface area contributed by atoms with Crippen molar-refractivity contribution in [1.82, 2.24) is 20.0 Å². The van der Waals surface area contributed by atoms with Crippen LogP contribution in [-0.4, -0.2) is 48.8 Å². The largest absolute Gasteiger partial charge is 0.365 e. The lowest BCUT2D eigenvalue weighted by Gasteiger charge is -2.13. The van der Waals surface area contributed by atoms with Crippen LogP contribution in [0.25, 0.3) is 0 Å². The number of aromatic nitrogens is 2. The Kier molecular flexibility index (Phi) is 5.12. The predicted octanol–water partition coefficient (Wildman–Crippen LogP) is 1.49. The summed E-state index contributed by atoms with van der Waals surface area (Å²) >= 11 is 0. The summed E-state index contributed by atoms with van der Waals surface area (Å²) in [5.41, 5.74) is 1.52. The molecule has 10 heteroatoms. The number of urea groups is 1. The first kappa shape index (κ1) is 18.2. The minimum atomic E-state index is -4.73. The number of benzene rings is 1. The molecule has 0 spiro atoms. The predicted molar refractivity (Wildman–Crippen MR) is 94.0 cm³/mol. The van der Waals surface area contributed by atoms with E-state index in [-0.39, 0.29) is 10.9 Å². The number of aryl methyl sites for hydroxylation is 1. The molecular weight excluding hydrogens is 361 g/mol. The van der Waals surface area contributed by atoms with Crippen LogP contribution in [0.15, 0.2) is 35.4 Å². The summed E-state index contributed by atoms with van der Waals surface area (Å²) in [6.07, 6.45) is 1.80. The molecule has 0 aliphatic carbocycles. The molecule has 1 fully saturated rings. The van der Waals surface area contributed by atoms with E-state index in [0.29, 0.717) is 44.1 Å². The highest BCUT2D eigenvalue weighted by Gasteiger charge is 2.18. The van der Waals surface area contributed by atoms with Gasteiger partial charge in [0.2, 0.25) is 0 Å². The van der Waals surface area contributed by atoms with Crippen molar-refractivity contribution in [2.45, 2.75) is 24.9 Å². The number of rotatable bonds is 7. The number of halogens is 1. The second-order valence-electron chi connectivity index (χ2n) is 6.06. The first-order valence-electron chi connectivity index (χ1n) is 8.17. The Labute approximate surface area is 151 Å². The van der Waals surface area contributed by atoms with Crippen LogP contribution in [0.1, 0.15) is 11.1 Å². The summed E-state index contributed by atoms with van der Waals surface area (Å²) in [6.45, 7) is 4.65. The molecule has 0 bridgehead atoms. The molecular formula is C16H20FN5O3S. The fourth-order valence-electron chi connectivity index (χ4n) is 2.70. The van der Waals surface area contributed by atoms with Crippen LogP contribution >= 0.6 is 0 Å². The number of nitrogens with one attached hydrogen (secondary N) is 2. The van der Waals surface area contributed by atoms with Gasteiger partial charge in [0.05, 0.1) is 11.4 Å². The molecule has 1 aromatic carbocycles. The third-order valence-electron chi connectivity index (χ3n) is 4.25. The van der Waals surface area contributed by atoms with E-state index in [1.54, 1.807) is 27.9 Å². The van der Waals surface area contributed by atoms with Crippen molar-refractivity contribution in [2.24, 2.45) is 0 Å². The molecule has 0 saturated carbocycles. The van der Waals surface area contributed by atoms with Gasteiger partial charge in [0, 0.05) is 38.4 Å². The van der Waals surface area contributed by atoms with Crippen molar-refractivity contribution in [2.75, 3.05) is 25.0 Å². The van der Waals surface area contributed by atoms with Crippen LogP contribution in [-0.2, 0) is 23.3 Å². The van der Waals surface area contributed by atoms with Crippen molar-refractivity contribution in [1.29, 1.82) is 0 Å². The Morgan fingerprint density at radius 1 is 1.31 bits per heavy atom. The number of carbonyl (C=O) groups excluding carboxylic acids is 1. The number of nitrogens with zero attached hydrogens (tertiary/aromatic N) is 3. The molecule has 26 heavy (non-hydrogen) atoms. The summed E-state index contributed by atoms with van der Waals surface area (Å²) in [5.74, 6) is 0.615. The van der Waals surface area contributed by atoms with Gasteiger partial charge in [-0.05, 0) is 30.2 Å².